The first-order valence-electron chi connectivity index (χ1n) is 6.12. The van der Waals surface area contributed by atoms with Gasteiger partial charge in [0.2, 0.25) is 0 Å². The SMILES string of the molecule is CC(C)C(C)CNCC=Cc1ccccc1. The quantitative estimate of drug-likeness (QED) is 0.718. The zero-order chi connectivity index (χ0) is 11.8. The summed E-state index contributed by atoms with van der Waals surface area (Å²) in [5, 5.41) is 3.45. The van der Waals surface area contributed by atoms with Gasteiger partial charge in [0, 0.05) is 6.54 Å². The van der Waals surface area contributed by atoms with Crippen molar-refractivity contribution in [1.82, 2.24) is 5.32 Å². The minimum absolute atomic E-state index is 0.741. The van der Waals surface area contributed by atoms with E-state index in [9.17, 15) is 0 Å². The van der Waals surface area contributed by atoms with Gasteiger partial charge in [-0.2, -0.15) is 0 Å². The van der Waals surface area contributed by atoms with E-state index < -0.39 is 0 Å². The number of hydrogen-bond donors (Lipinski definition) is 1. The lowest BCUT2D eigenvalue weighted by molar-refractivity contribution is 0.400. The molecule has 0 saturated carbocycles. The molecule has 0 aliphatic carbocycles. The monoisotopic (exact) mass is 217 g/mol. The van der Waals surface area contributed by atoms with E-state index in [2.05, 4.69) is 62.5 Å². The predicted octanol–water partition coefficient (Wildman–Crippen LogP) is 3.58. The lowest BCUT2D eigenvalue weighted by Gasteiger charge is -2.15. The normalized spacial score (nSPS) is 13.5. The van der Waals surface area contributed by atoms with E-state index >= 15 is 0 Å². The molecule has 1 aromatic rings. The molecule has 0 heterocycles. The summed E-state index contributed by atoms with van der Waals surface area (Å²) in [4.78, 5) is 0. The molecule has 0 radical (unpaired) electrons. The highest BCUT2D eigenvalue weighted by atomic mass is 14.8. The molecule has 1 N–H and O–H groups in total. The van der Waals surface area contributed by atoms with Crippen molar-refractivity contribution in [3.8, 4) is 0 Å². The van der Waals surface area contributed by atoms with E-state index in [1.165, 1.54) is 5.56 Å². The second kappa shape index (κ2) is 7.24. The Morgan fingerprint density at radius 1 is 1.12 bits per heavy atom. The van der Waals surface area contributed by atoms with Gasteiger partial charge in [-0.3, -0.25) is 0 Å². The third kappa shape index (κ3) is 5.13. The Kier molecular flexibility index (Phi) is 5.87. The van der Waals surface area contributed by atoms with E-state index in [-0.39, 0.29) is 0 Å². The summed E-state index contributed by atoms with van der Waals surface area (Å²) in [6, 6.07) is 10.4. The van der Waals surface area contributed by atoms with Crippen molar-refractivity contribution in [2.45, 2.75) is 20.8 Å². The van der Waals surface area contributed by atoms with Crippen molar-refractivity contribution in [1.29, 1.82) is 0 Å². The molecule has 0 aliphatic rings. The van der Waals surface area contributed by atoms with Gasteiger partial charge >= 0.3 is 0 Å². The molecule has 0 bridgehead atoms. The lowest BCUT2D eigenvalue weighted by Crippen LogP contribution is -2.24. The third-order valence-corrected chi connectivity index (χ3v) is 2.98. The van der Waals surface area contributed by atoms with E-state index in [0.717, 1.165) is 24.9 Å². The summed E-state index contributed by atoms with van der Waals surface area (Å²) < 4.78 is 0. The Bertz CT molecular complexity index is 300. The van der Waals surface area contributed by atoms with Crippen LogP contribution in [0.3, 0.4) is 0 Å². The van der Waals surface area contributed by atoms with Crippen LogP contribution in [-0.4, -0.2) is 13.1 Å². The summed E-state index contributed by atoms with van der Waals surface area (Å²) >= 11 is 0. The largest absolute Gasteiger partial charge is 0.313 e. The van der Waals surface area contributed by atoms with Gasteiger partial charge < -0.3 is 5.32 Å². The van der Waals surface area contributed by atoms with Crippen LogP contribution >= 0.6 is 0 Å². The van der Waals surface area contributed by atoms with Gasteiger partial charge in [-0.25, -0.2) is 0 Å². The average Bonchev–Trinajstić information content (AvgIpc) is 2.29. The molecule has 16 heavy (non-hydrogen) atoms. The first kappa shape index (κ1) is 13.0. The fourth-order valence-electron chi connectivity index (χ4n) is 1.39. The fraction of sp³-hybridized carbons (Fsp3) is 0.467. The topological polar surface area (TPSA) is 12.0 Å². The van der Waals surface area contributed by atoms with Crippen molar-refractivity contribution < 1.29 is 0 Å². The maximum Gasteiger partial charge on any atom is 0.0138 e. The molecule has 1 rings (SSSR count). The Balaban J connectivity index is 2.19. The lowest BCUT2D eigenvalue weighted by atomic mass is 9.98. The fourth-order valence-corrected chi connectivity index (χ4v) is 1.39. The van der Waals surface area contributed by atoms with Crippen molar-refractivity contribution in [2.24, 2.45) is 11.8 Å². The van der Waals surface area contributed by atoms with Gasteiger partial charge in [0.25, 0.3) is 0 Å². The van der Waals surface area contributed by atoms with Crippen LogP contribution in [-0.2, 0) is 0 Å². The standard InChI is InChI=1S/C15H23N/c1-13(2)14(3)12-16-11-7-10-15-8-5-4-6-9-15/h4-10,13-14,16H,11-12H2,1-3H3. The minimum Gasteiger partial charge on any atom is -0.313 e. The van der Waals surface area contributed by atoms with E-state index in [0.29, 0.717) is 0 Å². The average molecular weight is 217 g/mol. The summed E-state index contributed by atoms with van der Waals surface area (Å²) in [7, 11) is 0. The van der Waals surface area contributed by atoms with Crippen LogP contribution in [0.1, 0.15) is 26.3 Å². The zero-order valence-corrected chi connectivity index (χ0v) is 10.6. The molecule has 0 aliphatic heterocycles. The predicted molar refractivity (Wildman–Crippen MR) is 72.3 cm³/mol. The third-order valence-electron chi connectivity index (χ3n) is 2.98. The van der Waals surface area contributed by atoms with Gasteiger partial charge in [0.1, 0.15) is 0 Å². The van der Waals surface area contributed by atoms with Crippen LogP contribution in [0.5, 0.6) is 0 Å². The molecule has 1 heteroatoms. The highest BCUT2D eigenvalue weighted by Crippen LogP contribution is 2.07. The Labute approximate surface area is 99.6 Å². The second-order valence-electron chi connectivity index (χ2n) is 4.69. The van der Waals surface area contributed by atoms with Gasteiger partial charge in [0.05, 0.1) is 0 Å². The first-order valence-corrected chi connectivity index (χ1v) is 6.12. The maximum absolute atomic E-state index is 3.45. The van der Waals surface area contributed by atoms with E-state index in [4.69, 9.17) is 0 Å². The van der Waals surface area contributed by atoms with Gasteiger partial charge in [-0.1, -0.05) is 63.3 Å². The molecule has 0 saturated heterocycles. The van der Waals surface area contributed by atoms with Crippen LogP contribution in [0.15, 0.2) is 36.4 Å². The molecule has 1 atom stereocenters. The molecule has 0 spiro atoms. The number of benzene rings is 1. The highest BCUT2D eigenvalue weighted by Gasteiger charge is 2.04. The van der Waals surface area contributed by atoms with Crippen LogP contribution in [0.25, 0.3) is 6.08 Å². The Morgan fingerprint density at radius 3 is 2.44 bits per heavy atom. The van der Waals surface area contributed by atoms with Crippen LogP contribution in [0, 0.1) is 11.8 Å². The highest BCUT2D eigenvalue weighted by molar-refractivity contribution is 5.48. The smallest absolute Gasteiger partial charge is 0.0138 e. The number of nitrogens with one attached hydrogen (secondary N) is 1. The van der Waals surface area contributed by atoms with Crippen molar-refractivity contribution in [3.63, 3.8) is 0 Å². The first-order chi connectivity index (χ1) is 7.70. The summed E-state index contributed by atoms with van der Waals surface area (Å²) in [5.74, 6) is 1.50. The molecule has 1 unspecified atom stereocenters. The van der Waals surface area contributed by atoms with Gasteiger partial charge in [0.15, 0.2) is 0 Å². The van der Waals surface area contributed by atoms with E-state index in [1.54, 1.807) is 0 Å². The molecular weight excluding hydrogens is 194 g/mol. The molecule has 0 fully saturated rings. The molecule has 0 aromatic heterocycles. The van der Waals surface area contributed by atoms with Crippen molar-refractivity contribution in [2.75, 3.05) is 13.1 Å². The second-order valence-corrected chi connectivity index (χ2v) is 4.69. The van der Waals surface area contributed by atoms with Gasteiger partial charge in [-0.15, -0.1) is 0 Å². The minimum atomic E-state index is 0.741. The Morgan fingerprint density at radius 2 is 1.81 bits per heavy atom. The van der Waals surface area contributed by atoms with Crippen molar-refractivity contribution in [3.05, 3.63) is 42.0 Å². The zero-order valence-electron chi connectivity index (χ0n) is 10.6. The maximum atomic E-state index is 3.45. The molecular formula is C15H23N. The molecule has 1 nitrogen and oxygen atoms in total. The van der Waals surface area contributed by atoms with E-state index in [1.807, 2.05) is 6.07 Å². The number of hydrogen-bond acceptors (Lipinski definition) is 1. The molecule has 1 aromatic carbocycles. The summed E-state index contributed by atoms with van der Waals surface area (Å²) in [6.07, 6.45) is 4.34. The van der Waals surface area contributed by atoms with Crippen LogP contribution in [0.4, 0.5) is 0 Å². The van der Waals surface area contributed by atoms with Gasteiger partial charge in [-0.05, 0) is 23.9 Å². The van der Waals surface area contributed by atoms with Crippen molar-refractivity contribution >= 4 is 6.08 Å². The summed E-state index contributed by atoms with van der Waals surface area (Å²) in [6.45, 7) is 8.87. The number of rotatable bonds is 6. The summed E-state index contributed by atoms with van der Waals surface area (Å²) in [5.41, 5.74) is 1.27. The molecule has 0 amide bonds. The molecule has 88 valence electrons. The Hall–Kier alpha value is -1.08. The van der Waals surface area contributed by atoms with Crippen LogP contribution < -0.4 is 5.32 Å². The van der Waals surface area contributed by atoms with Crippen LogP contribution in [0.2, 0.25) is 0 Å².